The van der Waals surface area contributed by atoms with Crippen molar-refractivity contribution in [2.45, 2.75) is 31.7 Å². The molecule has 4 N–H and O–H groups in total. The van der Waals surface area contributed by atoms with Crippen molar-refractivity contribution in [3.8, 4) is 0 Å². The Labute approximate surface area is 113 Å². The molecule has 0 aromatic carbocycles. The van der Waals surface area contributed by atoms with Gasteiger partial charge in [0.1, 0.15) is 6.04 Å². The highest BCUT2D eigenvalue weighted by Crippen LogP contribution is 2.30. The number of aliphatic hydroxyl groups excluding tert-OH is 1. The Morgan fingerprint density at radius 2 is 2.21 bits per heavy atom. The maximum atomic E-state index is 11.6. The predicted octanol–water partition coefficient (Wildman–Crippen LogP) is 0.589. The summed E-state index contributed by atoms with van der Waals surface area (Å²) in [7, 11) is 0. The summed E-state index contributed by atoms with van der Waals surface area (Å²) in [4.78, 5) is 27.9. The SMILES string of the molecule is O=C(Nc1nc2c(s1)CCC2)N[C@H](CCO)C(=O)O. The predicted molar refractivity (Wildman–Crippen MR) is 69.4 cm³/mol. The molecule has 0 aliphatic heterocycles. The summed E-state index contributed by atoms with van der Waals surface area (Å²) in [5.74, 6) is -1.18. The summed E-state index contributed by atoms with van der Waals surface area (Å²) in [5.41, 5.74) is 1.02. The Hall–Kier alpha value is -1.67. The molecule has 1 aliphatic rings. The normalized spacial score (nSPS) is 14.8. The molecule has 0 unspecified atom stereocenters. The number of amides is 2. The smallest absolute Gasteiger partial charge is 0.326 e. The number of nitrogens with one attached hydrogen (secondary N) is 2. The van der Waals surface area contributed by atoms with Crippen molar-refractivity contribution >= 4 is 28.5 Å². The molecule has 1 aromatic heterocycles. The van der Waals surface area contributed by atoms with E-state index in [1.807, 2.05) is 0 Å². The Morgan fingerprint density at radius 3 is 2.84 bits per heavy atom. The minimum absolute atomic E-state index is 0.0306. The third kappa shape index (κ3) is 3.42. The van der Waals surface area contributed by atoms with Crippen LogP contribution in [0.2, 0.25) is 0 Å². The number of aliphatic hydroxyl groups is 1. The third-order valence-electron chi connectivity index (χ3n) is 2.84. The van der Waals surface area contributed by atoms with Crippen LogP contribution in [0.4, 0.5) is 9.93 Å². The van der Waals surface area contributed by atoms with E-state index < -0.39 is 18.0 Å². The van der Waals surface area contributed by atoms with Gasteiger partial charge in [-0.25, -0.2) is 14.6 Å². The molecule has 1 atom stereocenters. The fourth-order valence-corrected chi connectivity index (χ4v) is 2.97. The van der Waals surface area contributed by atoms with Gasteiger partial charge in [-0.3, -0.25) is 5.32 Å². The number of hydrogen-bond acceptors (Lipinski definition) is 5. The van der Waals surface area contributed by atoms with Crippen LogP contribution in [-0.4, -0.2) is 39.8 Å². The van der Waals surface area contributed by atoms with Crippen LogP contribution in [0.15, 0.2) is 0 Å². The molecule has 1 aromatic rings. The number of nitrogens with zero attached hydrogens (tertiary/aromatic N) is 1. The number of rotatable bonds is 5. The third-order valence-corrected chi connectivity index (χ3v) is 3.91. The molecule has 2 rings (SSSR count). The Kier molecular flexibility index (Phi) is 4.33. The summed E-state index contributed by atoms with van der Waals surface area (Å²) in [6, 6.07) is -1.72. The van der Waals surface area contributed by atoms with Gasteiger partial charge in [0.2, 0.25) is 0 Å². The first kappa shape index (κ1) is 13.8. The molecule has 0 radical (unpaired) electrons. The molecular formula is C11H15N3O4S. The Morgan fingerprint density at radius 1 is 1.42 bits per heavy atom. The lowest BCUT2D eigenvalue weighted by Gasteiger charge is -2.12. The molecule has 0 bridgehead atoms. The topological polar surface area (TPSA) is 112 Å². The molecule has 8 heteroatoms. The molecule has 0 saturated carbocycles. The maximum Gasteiger partial charge on any atom is 0.326 e. The fraction of sp³-hybridized carbons (Fsp3) is 0.545. The highest BCUT2D eigenvalue weighted by molar-refractivity contribution is 7.15. The van der Waals surface area contributed by atoms with Gasteiger partial charge in [0.05, 0.1) is 5.69 Å². The highest BCUT2D eigenvalue weighted by Gasteiger charge is 2.21. The number of aliphatic carboxylic acids is 1. The number of urea groups is 1. The first-order valence-electron chi connectivity index (χ1n) is 6.00. The lowest BCUT2D eigenvalue weighted by Crippen LogP contribution is -2.43. The van der Waals surface area contributed by atoms with E-state index in [1.165, 1.54) is 16.2 Å². The number of hydrogen-bond donors (Lipinski definition) is 4. The van der Waals surface area contributed by atoms with Crippen molar-refractivity contribution in [1.29, 1.82) is 0 Å². The van der Waals surface area contributed by atoms with Crippen LogP contribution in [0.3, 0.4) is 0 Å². The van der Waals surface area contributed by atoms with Gasteiger partial charge in [-0.1, -0.05) is 0 Å². The van der Waals surface area contributed by atoms with Crippen molar-refractivity contribution in [3.63, 3.8) is 0 Å². The second-order valence-electron chi connectivity index (χ2n) is 4.24. The van der Waals surface area contributed by atoms with Crippen LogP contribution in [0.1, 0.15) is 23.4 Å². The van der Waals surface area contributed by atoms with E-state index in [-0.39, 0.29) is 13.0 Å². The van der Waals surface area contributed by atoms with Crippen molar-refractivity contribution in [2.75, 3.05) is 11.9 Å². The number of carboxylic acids is 1. The van der Waals surface area contributed by atoms with Gasteiger partial charge in [-0.05, 0) is 19.3 Å². The molecule has 19 heavy (non-hydrogen) atoms. The van der Waals surface area contributed by atoms with Crippen LogP contribution in [0.25, 0.3) is 0 Å². The monoisotopic (exact) mass is 285 g/mol. The number of aryl methyl sites for hydroxylation is 2. The number of carboxylic acid groups (broad SMARTS) is 1. The summed E-state index contributed by atoms with van der Waals surface area (Å²) in [6.07, 6.45) is 2.98. The molecule has 104 valence electrons. The van der Waals surface area contributed by atoms with Crippen molar-refractivity contribution in [1.82, 2.24) is 10.3 Å². The summed E-state index contributed by atoms with van der Waals surface area (Å²) >= 11 is 1.42. The summed E-state index contributed by atoms with van der Waals surface area (Å²) in [5, 5.41) is 22.9. The summed E-state index contributed by atoms with van der Waals surface area (Å²) in [6.45, 7) is -0.303. The second-order valence-corrected chi connectivity index (χ2v) is 5.33. The maximum absolute atomic E-state index is 11.6. The zero-order valence-electron chi connectivity index (χ0n) is 10.2. The lowest BCUT2D eigenvalue weighted by molar-refractivity contribution is -0.139. The molecule has 0 spiro atoms. The van der Waals surface area contributed by atoms with E-state index in [4.69, 9.17) is 10.2 Å². The van der Waals surface area contributed by atoms with Gasteiger partial charge in [0, 0.05) is 17.9 Å². The minimum atomic E-state index is -1.18. The number of carbonyl (C=O) groups is 2. The van der Waals surface area contributed by atoms with Crippen LogP contribution in [0.5, 0.6) is 0 Å². The first-order valence-corrected chi connectivity index (χ1v) is 6.81. The lowest BCUT2D eigenvalue weighted by atomic mass is 10.2. The molecule has 1 heterocycles. The highest BCUT2D eigenvalue weighted by atomic mass is 32.1. The standard InChI is InChI=1S/C11H15N3O4S/c15-5-4-7(9(16)17)12-10(18)14-11-13-6-2-1-3-8(6)19-11/h7,15H,1-5H2,(H,16,17)(H2,12,13,14,18)/t7-/m1/s1. The van der Waals surface area contributed by atoms with E-state index in [0.29, 0.717) is 5.13 Å². The largest absolute Gasteiger partial charge is 0.480 e. The van der Waals surface area contributed by atoms with Crippen molar-refractivity contribution in [3.05, 3.63) is 10.6 Å². The van der Waals surface area contributed by atoms with E-state index in [0.717, 1.165) is 25.0 Å². The van der Waals surface area contributed by atoms with Crippen molar-refractivity contribution in [2.24, 2.45) is 0 Å². The fourth-order valence-electron chi connectivity index (χ4n) is 1.92. The molecule has 0 fully saturated rings. The van der Waals surface area contributed by atoms with Gasteiger partial charge < -0.3 is 15.5 Å². The minimum Gasteiger partial charge on any atom is -0.480 e. The number of fused-ring (bicyclic) bond motifs is 1. The first-order chi connectivity index (χ1) is 9.10. The van der Waals surface area contributed by atoms with Crippen LogP contribution in [-0.2, 0) is 17.6 Å². The average Bonchev–Trinajstić information content (AvgIpc) is 2.88. The zero-order valence-corrected chi connectivity index (χ0v) is 11.0. The van der Waals surface area contributed by atoms with Crippen LogP contribution >= 0.6 is 11.3 Å². The summed E-state index contributed by atoms with van der Waals surface area (Å²) < 4.78 is 0. The molecule has 7 nitrogen and oxygen atoms in total. The van der Waals surface area contributed by atoms with Gasteiger partial charge in [-0.15, -0.1) is 11.3 Å². The van der Waals surface area contributed by atoms with E-state index in [9.17, 15) is 9.59 Å². The van der Waals surface area contributed by atoms with Gasteiger partial charge in [0.25, 0.3) is 0 Å². The molecule has 0 saturated heterocycles. The van der Waals surface area contributed by atoms with E-state index in [1.54, 1.807) is 0 Å². The Bertz CT molecular complexity index is 467. The molecular weight excluding hydrogens is 270 g/mol. The molecule has 2 amide bonds. The Balaban J connectivity index is 1.91. The van der Waals surface area contributed by atoms with Crippen molar-refractivity contribution < 1.29 is 19.8 Å². The number of aromatic nitrogens is 1. The second kappa shape index (κ2) is 5.98. The zero-order chi connectivity index (χ0) is 13.8. The van der Waals surface area contributed by atoms with Crippen LogP contribution < -0.4 is 10.6 Å². The van der Waals surface area contributed by atoms with E-state index in [2.05, 4.69) is 15.6 Å². The average molecular weight is 285 g/mol. The van der Waals surface area contributed by atoms with Gasteiger partial charge in [0.15, 0.2) is 5.13 Å². The quantitative estimate of drug-likeness (QED) is 0.632. The van der Waals surface area contributed by atoms with Gasteiger partial charge >= 0.3 is 12.0 Å². The number of carbonyl (C=O) groups excluding carboxylic acids is 1. The molecule has 1 aliphatic carbocycles. The number of thiazole rings is 1. The van der Waals surface area contributed by atoms with E-state index >= 15 is 0 Å². The van der Waals surface area contributed by atoms with Gasteiger partial charge in [-0.2, -0.15) is 0 Å². The van der Waals surface area contributed by atoms with Crippen LogP contribution in [0, 0.1) is 0 Å². The number of anilines is 1.